The summed E-state index contributed by atoms with van der Waals surface area (Å²) in [5.74, 6) is 2.58. The SMILES string of the molecule is COc1nc(NC2CCS(=O)CC2)ncc1Br. The molecule has 0 radical (unpaired) electrons. The van der Waals surface area contributed by atoms with Gasteiger partial charge in [-0.2, -0.15) is 4.98 Å². The largest absolute Gasteiger partial charge is 0.480 e. The summed E-state index contributed by atoms with van der Waals surface area (Å²) >= 11 is 3.31. The van der Waals surface area contributed by atoms with Gasteiger partial charge in [0.25, 0.3) is 0 Å². The highest BCUT2D eigenvalue weighted by molar-refractivity contribution is 9.10. The fraction of sp³-hybridized carbons (Fsp3) is 0.600. The molecule has 94 valence electrons. The second kappa shape index (κ2) is 5.77. The summed E-state index contributed by atoms with van der Waals surface area (Å²) in [4.78, 5) is 8.41. The van der Waals surface area contributed by atoms with Gasteiger partial charge in [0.2, 0.25) is 11.8 Å². The van der Waals surface area contributed by atoms with Gasteiger partial charge in [-0.25, -0.2) is 4.98 Å². The topological polar surface area (TPSA) is 64.1 Å². The second-order valence-corrected chi connectivity index (χ2v) is 6.37. The van der Waals surface area contributed by atoms with E-state index >= 15 is 0 Å². The molecule has 1 aromatic heterocycles. The molecule has 0 unspecified atom stereocenters. The Kier molecular flexibility index (Phi) is 4.33. The van der Waals surface area contributed by atoms with E-state index in [1.54, 1.807) is 13.3 Å². The minimum absolute atomic E-state index is 0.304. The molecule has 1 aromatic rings. The maximum absolute atomic E-state index is 11.2. The predicted octanol–water partition coefficient (Wildman–Crippen LogP) is 1.57. The van der Waals surface area contributed by atoms with Gasteiger partial charge < -0.3 is 10.1 Å². The molecule has 1 aliphatic rings. The number of hydrogen-bond acceptors (Lipinski definition) is 5. The average Bonchev–Trinajstić information content (AvgIpc) is 2.34. The molecule has 0 bridgehead atoms. The smallest absolute Gasteiger partial charge is 0.232 e. The molecule has 1 saturated heterocycles. The lowest BCUT2D eigenvalue weighted by atomic mass is 10.2. The summed E-state index contributed by atoms with van der Waals surface area (Å²) in [5, 5.41) is 3.25. The molecular formula is C10H14BrN3O2S. The van der Waals surface area contributed by atoms with Crippen molar-refractivity contribution >= 4 is 32.7 Å². The molecule has 17 heavy (non-hydrogen) atoms. The quantitative estimate of drug-likeness (QED) is 0.916. The average molecular weight is 320 g/mol. The monoisotopic (exact) mass is 319 g/mol. The first-order valence-corrected chi connectivity index (χ1v) is 7.65. The zero-order chi connectivity index (χ0) is 12.3. The number of nitrogens with one attached hydrogen (secondary N) is 1. The third kappa shape index (κ3) is 3.38. The van der Waals surface area contributed by atoms with Crippen molar-refractivity contribution < 1.29 is 8.95 Å². The fourth-order valence-electron chi connectivity index (χ4n) is 1.68. The Morgan fingerprint density at radius 3 is 2.88 bits per heavy atom. The molecule has 1 fully saturated rings. The molecule has 0 aliphatic carbocycles. The normalized spacial score (nSPS) is 24.4. The predicted molar refractivity (Wildman–Crippen MR) is 70.8 cm³/mol. The number of rotatable bonds is 3. The van der Waals surface area contributed by atoms with E-state index in [0.717, 1.165) is 28.8 Å². The van der Waals surface area contributed by atoms with Gasteiger partial charge in [-0.1, -0.05) is 0 Å². The Morgan fingerprint density at radius 1 is 1.53 bits per heavy atom. The summed E-state index contributed by atoms with van der Waals surface area (Å²) in [6.07, 6.45) is 3.46. The molecule has 2 rings (SSSR count). The maximum Gasteiger partial charge on any atom is 0.232 e. The summed E-state index contributed by atoms with van der Waals surface area (Å²) in [6.45, 7) is 0. The number of anilines is 1. The molecule has 1 aliphatic heterocycles. The van der Waals surface area contributed by atoms with Gasteiger partial charge in [-0.05, 0) is 28.8 Å². The van der Waals surface area contributed by atoms with Crippen LogP contribution in [-0.4, -0.2) is 38.8 Å². The molecular weight excluding hydrogens is 306 g/mol. The summed E-state index contributed by atoms with van der Waals surface area (Å²) in [7, 11) is 0.929. The van der Waals surface area contributed by atoms with Gasteiger partial charge in [-0.3, -0.25) is 4.21 Å². The lowest BCUT2D eigenvalue weighted by molar-refractivity contribution is 0.394. The number of ether oxygens (including phenoxy) is 1. The van der Waals surface area contributed by atoms with Crippen LogP contribution in [0.2, 0.25) is 0 Å². The van der Waals surface area contributed by atoms with E-state index in [1.165, 1.54) is 0 Å². The van der Waals surface area contributed by atoms with Crippen LogP contribution in [0.4, 0.5) is 5.95 Å². The highest BCUT2D eigenvalue weighted by atomic mass is 79.9. The van der Waals surface area contributed by atoms with Crippen LogP contribution in [0.1, 0.15) is 12.8 Å². The van der Waals surface area contributed by atoms with Crippen molar-refractivity contribution in [3.8, 4) is 5.88 Å². The van der Waals surface area contributed by atoms with E-state index in [9.17, 15) is 4.21 Å². The molecule has 2 heterocycles. The minimum atomic E-state index is -0.642. The van der Waals surface area contributed by atoms with Crippen LogP contribution < -0.4 is 10.1 Å². The highest BCUT2D eigenvalue weighted by Crippen LogP contribution is 2.23. The van der Waals surface area contributed by atoms with E-state index in [1.807, 2.05) is 0 Å². The lowest BCUT2D eigenvalue weighted by Crippen LogP contribution is -2.30. The van der Waals surface area contributed by atoms with E-state index < -0.39 is 10.8 Å². The highest BCUT2D eigenvalue weighted by Gasteiger charge is 2.18. The molecule has 1 N–H and O–H groups in total. The van der Waals surface area contributed by atoms with Crippen molar-refractivity contribution in [2.45, 2.75) is 18.9 Å². The Hall–Kier alpha value is -0.690. The molecule has 0 atom stereocenters. The van der Waals surface area contributed by atoms with E-state index in [4.69, 9.17) is 4.74 Å². The lowest BCUT2D eigenvalue weighted by Gasteiger charge is -2.22. The van der Waals surface area contributed by atoms with Crippen molar-refractivity contribution in [1.29, 1.82) is 0 Å². The van der Waals surface area contributed by atoms with Crippen LogP contribution >= 0.6 is 15.9 Å². The fourth-order valence-corrected chi connectivity index (χ4v) is 3.34. The van der Waals surface area contributed by atoms with Gasteiger partial charge in [0.1, 0.15) is 0 Å². The van der Waals surface area contributed by atoms with E-state index in [-0.39, 0.29) is 0 Å². The third-order valence-electron chi connectivity index (χ3n) is 2.63. The summed E-state index contributed by atoms with van der Waals surface area (Å²) in [6, 6.07) is 0.304. The van der Waals surface area contributed by atoms with E-state index in [2.05, 4.69) is 31.2 Å². The summed E-state index contributed by atoms with van der Waals surface area (Å²) in [5.41, 5.74) is 0. The van der Waals surface area contributed by atoms with Gasteiger partial charge in [0.05, 0.1) is 17.8 Å². The molecule has 0 spiro atoms. The second-order valence-electron chi connectivity index (χ2n) is 3.82. The first-order chi connectivity index (χ1) is 8.19. The zero-order valence-corrected chi connectivity index (χ0v) is 11.9. The maximum atomic E-state index is 11.2. The Morgan fingerprint density at radius 2 is 2.24 bits per heavy atom. The number of halogens is 1. The van der Waals surface area contributed by atoms with Gasteiger partial charge >= 0.3 is 0 Å². The van der Waals surface area contributed by atoms with Crippen LogP contribution in [0.5, 0.6) is 5.88 Å². The van der Waals surface area contributed by atoms with Crippen LogP contribution in [0, 0.1) is 0 Å². The van der Waals surface area contributed by atoms with Gasteiger partial charge in [-0.15, -0.1) is 0 Å². The zero-order valence-electron chi connectivity index (χ0n) is 9.48. The molecule has 0 amide bonds. The van der Waals surface area contributed by atoms with Crippen LogP contribution in [0.25, 0.3) is 0 Å². The van der Waals surface area contributed by atoms with Crippen LogP contribution in [0.3, 0.4) is 0 Å². The van der Waals surface area contributed by atoms with E-state index in [0.29, 0.717) is 17.9 Å². The molecule has 0 saturated carbocycles. The minimum Gasteiger partial charge on any atom is -0.480 e. The molecule has 7 heteroatoms. The van der Waals surface area contributed by atoms with Gasteiger partial charge in [0, 0.05) is 28.3 Å². The molecule has 0 aromatic carbocycles. The first kappa shape index (κ1) is 12.8. The van der Waals surface area contributed by atoms with Crippen molar-refractivity contribution in [2.24, 2.45) is 0 Å². The van der Waals surface area contributed by atoms with Crippen molar-refractivity contribution in [3.63, 3.8) is 0 Å². The van der Waals surface area contributed by atoms with Crippen molar-refractivity contribution in [2.75, 3.05) is 23.9 Å². The van der Waals surface area contributed by atoms with Crippen molar-refractivity contribution in [1.82, 2.24) is 9.97 Å². The number of methoxy groups -OCH3 is 1. The first-order valence-electron chi connectivity index (χ1n) is 5.37. The van der Waals surface area contributed by atoms with Crippen LogP contribution in [-0.2, 0) is 10.8 Å². The number of nitrogens with zero attached hydrogens (tertiary/aromatic N) is 2. The number of aromatic nitrogens is 2. The standard InChI is InChI=1S/C10H14BrN3O2S/c1-16-9-8(11)6-12-10(14-9)13-7-2-4-17(15)5-3-7/h6-7H,2-5H2,1H3,(H,12,13,14). The Balaban J connectivity index is 2.01. The van der Waals surface area contributed by atoms with Gasteiger partial charge in [0.15, 0.2) is 0 Å². The molecule has 5 nitrogen and oxygen atoms in total. The third-order valence-corrected chi connectivity index (χ3v) is 4.55. The number of hydrogen-bond donors (Lipinski definition) is 1. The summed E-state index contributed by atoms with van der Waals surface area (Å²) < 4.78 is 17.1. The van der Waals surface area contributed by atoms with Crippen molar-refractivity contribution in [3.05, 3.63) is 10.7 Å². The Labute approximate surface area is 111 Å². The Bertz CT molecular complexity index is 420. The van der Waals surface area contributed by atoms with Crippen LogP contribution in [0.15, 0.2) is 10.7 Å².